The van der Waals surface area contributed by atoms with Crippen molar-refractivity contribution in [2.75, 3.05) is 6.61 Å². The zero-order chi connectivity index (χ0) is 15.9. The molecule has 0 unspecified atom stereocenters. The van der Waals surface area contributed by atoms with Crippen LogP contribution in [0.15, 0.2) is 42.5 Å². The summed E-state index contributed by atoms with van der Waals surface area (Å²) in [4.78, 5) is 10.9. The number of aromatic hydroxyl groups is 1. The second-order valence-electron chi connectivity index (χ2n) is 4.84. The van der Waals surface area contributed by atoms with E-state index in [0.29, 0.717) is 25.4 Å². The Bertz CT molecular complexity index is 655. The van der Waals surface area contributed by atoms with Gasteiger partial charge in [0.05, 0.1) is 12.2 Å². The molecule has 0 aliphatic carbocycles. The van der Waals surface area contributed by atoms with Gasteiger partial charge in [-0.3, -0.25) is 0 Å². The van der Waals surface area contributed by atoms with E-state index in [2.05, 4.69) is 5.32 Å². The largest absolute Gasteiger partial charge is 0.504 e. The number of carboxylic acids is 1. The van der Waals surface area contributed by atoms with Crippen LogP contribution in [0.25, 0.3) is 0 Å². The van der Waals surface area contributed by atoms with Gasteiger partial charge >= 0.3 is 5.97 Å². The van der Waals surface area contributed by atoms with Crippen molar-refractivity contribution in [3.05, 3.63) is 59.2 Å². The summed E-state index contributed by atoms with van der Waals surface area (Å²) in [6.45, 7) is 3.51. The Hall–Kier alpha value is -2.53. The Labute approximate surface area is 129 Å². The van der Waals surface area contributed by atoms with Gasteiger partial charge in [-0.05, 0) is 42.3 Å². The number of phenolic OH excluding ortho intramolecular Hbond substituents is 1. The molecule has 22 heavy (non-hydrogen) atoms. The van der Waals surface area contributed by atoms with E-state index >= 15 is 0 Å². The first-order valence-electron chi connectivity index (χ1n) is 7.07. The first-order valence-corrected chi connectivity index (χ1v) is 7.07. The number of nitrogens with one attached hydrogen (secondary N) is 1. The molecule has 2 aromatic carbocycles. The molecular formula is C17H19NO4. The molecule has 5 nitrogen and oxygen atoms in total. The lowest BCUT2D eigenvalue weighted by Crippen LogP contribution is -2.13. The quantitative estimate of drug-likeness (QED) is 0.733. The van der Waals surface area contributed by atoms with E-state index in [0.717, 1.165) is 11.1 Å². The number of ether oxygens (including phenoxy) is 1. The van der Waals surface area contributed by atoms with E-state index in [4.69, 9.17) is 9.84 Å². The second kappa shape index (κ2) is 7.47. The fourth-order valence-corrected chi connectivity index (χ4v) is 2.11. The van der Waals surface area contributed by atoms with Gasteiger partial charge in [0.15, 0.2) is 11.5 Å². The monoisotopic (exact) mass is 301 g/mol. The summed E-state index contributed by atoms with van der Waals surface area (Å²) in [6, 6.07) is 12.0. The Morgan fingerprint density at radius 1 is 1.14 bits per heavy atom. The second-order valence-corrected chi connectivity index (χ2v) is 4.84. The Morgan fingerprint density at radius 2 is 1.86 bits per heavy atom. The van der Waals surface area contributed by atoms with Crippen molar-refractivity contribution >= 4 is 5.97 Å². The first kappa shape index (κ1) is 15.9. The molecule has 2 aromatic rings. The summed E-state index contributed by atoms with van der Waals surface area (Å²) in [7, 11) is 0. The van der Waals surface area contributed by atoms with Crippen LogP contribution in [-0.4, -0.2) is 22.8 Å². The molecule has 0 aliphatic rings. The third kappa shape index (κ3) is 4.23. The number of benzene rings is 2. The molecule has 0 spiro atoms. The van der Waals surface area contributed by atoms with Crippen LogP contribution < -0.4 is 10.1 Å². The highest BCUT2D eigenvalue weighted by Crippen LogP contribution is 2.26. The molecule has 0 heterocycles. The summed E-state index contributed by atoms with van der Waals surface area (Å²) in [5.74, 6) is -0.337. The van der Waals surface area contributed by atoms with E-state index in [-0.39, 0.29) is 11.3 Å². The van der Waals surface area contributed by atoms with Crippen molar-refractivity contribution in [1.82, 2.24) is 5.32 Å². The number of phenols is 1. The molecule has 116 valence electrons. The number of carbonyl (C=O) groups is 1. The first-order chi connectivity index (χ1) is 10.6. The molecule has 5 heteroatoms. The highest BCUT2D eigenvalue weighted by Gasteiger charge is 2.05. The van der Waals surface area contributed by atoms with Gasteiger partial charge < -0.3 is 20.3 Å². The van der Waals surface area contributed by atoms with Crippen molar-refractivity contribution in [1.29, 1.82) is 0 Å². The van der Waals surface area contributed by atoms with E-state index in [1.807, 2.05) is 19.1 Å². The zero-order valence-electron chi connectivity index (χ0n) is 12.4. The molecule has 0 atom stereocenters. The van der Waals surface area contributed by atoms with Crippen molar-refractivity contribution < 1.29 is 19.7 Å². The fraction of sp³-hybridized carbons (Fsp3) is 0.235. The lowest BCUT2D eigenvalue weighted by molar-refractivity contribution is 0.0696. The topological polar surface area (TPSA) is 78.8 Å². The molecule has 0 bridgehead atoms. The minimum atomic E-state index is -0.929. The maximum absolute atomic E-state index is 10.9. The molecular weight excluding hydrogens is 282 g/mol. The summed E-state index contributed by atoms with van der Waals surface area (Å²) in [5, 5.41) is 21.9. The van der Waals surface area contributed by atoms with Crippen LogP contribution >= 0.6 is 0 Å². The number of carboxylic acid groups (broad SMARTS) is 1. The van der Waals surface area contributed by atoms with Crippen LogP contribution in [0, 0.1) is 0 Å². The minimum absolute atomic E-state index is 0.125. The minimum Gasteiger partial charge on any atom is -0.504 e. The SMILES string of the molecule is CCOc1cc(CNCc2cccc(C(=O)O)c2)ccc1O. The normalized spacial score (nSPS) is 10.4. The molecule has 0 fully saturated rings. The van der Waals surface area contributed by atoms with Crippen molar-refractivity contribution in [3.8, 4) is 11.5 Å². The lowest BCUT2D eigenvalue weighted by Gasteiger charge is -2.09. The van der Waals surface area contributed by atoms with E-state index < -0.39 is 5.97 Å². The molecule has 0 amide bonds. The number of aromatic carboxylic acids is 1. The molecule has 2 rings (SSSR count). The van der Waals surface area contributed by atoms with Gasteiger partial charge in [-0.2, -0.15) is 0 Å². The number of rotatable bonds is 7. The summed E-state index contributed by atoms with van der Waals surface area (Å²) in [6.07, 6.45) is 0. The Balaban J connectivity index is 1.95. The number of hydrogen-bond donors (Lipinski definition) is 3. The van der Waals surface area contributed by atoms with Crippen LogP contribution in [-0.2, 0) is 13.1 Å². The third-order valence-corrected chi connectivity index (χ3v) is 3.16. The molecule has 0 radical (unpaired) electrons. The number of hydrogen-bond acceptors (Lipinski definition) is 4. The molecule has 0 saturated heterocycles. The fourth-order valence-electron chi connectivity index (χ4n) is 2.11. The predicted octanol–water partition coefficient (Wildman–Crippen LogP) is 2.78. The van der Waals surface area contributed by atoms with E-state index in [1.54, 1.807) is 30.3 Å². The van der Waals surface area contributed by atoms with Crippen molar-refractivity contribution in [3.63, 3.8) is 0 Å². The summed E-state index contributed by atoms with van der Waals surface area (Å²) < 4.78 is 5.34. The molecule has 0 aromatic heterocycles. The standard InChI is InChI=1S/C17H19NO4/c1-2-22-16-9-13(6-7-15(16)19)11-18-10-12-4-3-5-14(8-12)17(20)21/h3-9,18-19H,2,10-11H2,1H3,(H,20,21). The van der Waals surface area contributed by atoms with Crippen molar-refractivity contribution in [2.24, 2.45) is 0 Å². The molecule has 3 N–H and O–H groups in total. The maximum Gasteiger partial charge on any atom is 0.335 e. The van der Waals surface area contributed by atoms with Gasteiger partial charge in [0.25, 0.3) is 0 Å². The average molecular weight is 301 g/mol. The van der Waals surface area contributed by atoms with Gasteiger partial charge in [-0.25, -0.2) is 4.79 Å². The van der Waals surface area contributed by atoms with Crippen LogP contribution in [0.2, 0.25) is 0 Å². The Morgan fingerprint density at radius 3 is 2.55 bits per heavy atom. The zero-order valence-corrected chi connectivity index (χ0v) is 12.4. The summed E-state index contributed by atoms with van der Waals surface area (Å²) >= 11 is 0. The van der Waals surface area contributed by atoms with E-state index in [9.17, 15) is 9.90 Å². The Kier molecular flexibility index (Phi) is 5.38. The van der Waals surface area contributed by atoms with Gasteiger partial charge in [0, 0.05) is 13.1 Å². The average Bonchev–Trinajstić information content (AvgIpc) is 2.51. The van der Waals surface area contributed by atoms with Gasteiger partial charge in [-0.15, -0.1) is 0 Å². The maximum atomic E-state index is 10.9. The van der Waals surface area contributed by atoms with Gasteiger partial charge in [0.2, 0.25) is 0 Å². The van der Waals surface area contributed by atoms with Gasteiger partial charge in [0.1, 0.15) is 0 Å². The highest BCUT2D eigenvalue weighted by atomic mass is 16.5. The lowest BCUT2D eigenvalue weighted by atomic mass is 10.1. The molecule has 0 aliphatic heterocycles. The van der Waals surface area contributed by atoms with Crippen LogP contribution in [0.5, 0.6) is 11.5 Å². The predicted molar refractivity (Wildman–Crippen MR) is 83.2 cm³/mol. The smallest absolute Gasteiger partial charge is 0.335 e. The third-order valence-electron chi connectivity index (χ3n) is 3.16. The van der Waals surface area contributed by atoms with E-state index in [1.165, 1.54) is 0 Å². The van der Waals surface area contributed by atoms with Gasteiger partial charge in [-0.1, -0.05) is 18.2 Å². The molecule has 0 saturated carbocycles. The van der Waals surface area contributed by atoms with Crippen LogP contribution in [0.3, 0.4) is 0 Å². The van der Waals surface area contributed by atoms with Crippen molar-refractivity contribution in [2.45, 2.75) is 20.0 Å². The van der Waals surface area contributed by atoms with Crippen LogP contribution in [0.1, 0.15) is 28.4 Å². The van der Waals surface area contributed by atoms with Crippen LogP contribution in [0.4, 0.5) is 0 Å². The summed E-state index contributed by atoms with van der Waals surface area (Å²) in [5.41, 5.74) is 2.17. The highest BCUT2D eigenvalue weighted by molar-refractivity contribution is 5.87.